The van der Waals surface area contributed by atoms with Crippen molar-refractivity contribution in [3.05, 3.63) is 35.4 Å². The zero-order valence-electron chi connectivity index (χ0n) is 9.60. The van der Waals surface area contributed by atoms with E-state index in [2.05, 4.69) is 14.9 Å². The molecule has 0 amide bonds. The van der Waals surface area contributed by atoms with Gasteiger partial charge in [0, 0.05) is 5.56 Å². The monoisotopic (exact) mass is 242 g/mol. The summed E-state index contributed by atoms with van der Waals surface area (Å²) >= 11 is 0. The Labute approximate surface area is 103 Å². The lowest BCUT2D eigenvalue weighted by Gasteiger charge is -2.01. The highest BCUT2D eigenvalue weighted by atomic mass is 16.5. The number of aromatic amines is 1. The third-order valence-corrected chi connectivity index (χ3v) is 2.50. The molecule has 0 bridgehead atoms. The summed E-state index contributed by atoms with van der Waals surface area (Å²) in [7, 11) is 1.32. The van der Waals surface area contributed by atoms with Crippen LogP contribution in [0, 0.1) is 11.3 Å². The van der Waals surface area contributed by atoms with Crippen molar-refractivity contribution >= 4 is 11.8 Å². The van der Waals surface area contributed by atoms with Crippen molar-refractivity contribution in [3.63, 3.8) is 0 Å². The Kier molecular flexibility index (Phi) is 2.98. The summed E-state index contributed by atoms with van der Waals surface area (Å²) in [5.74, 6) is -0.254. The zero-order valence-corrected chi connectivity index (χ0v) is 9.60. The number of esters is 1. The van der Waals surface area contributed by atoms with Crippen LogP contribution < -0.4 is 5.73 Å². The molecule has 90 valence electrons. The molecule has 0 aliphatic heterocycles. The zero-order chi connectivity index (χ0) is 13.1. The van der Waals surface area contributed by atoms with Crippen molar-refractivity contribution in [2.75, 3.05) is 12.8 Å². The molecule has 1 aromatic carbocycles. The summed E-state index contributed by atoms with van der Waals surface area (Å²) in [6.07, 6.45) is 0. The number of hydrogen-bond donors (Lipinski definition) is 2. The maximum atomic E-state index is 11.3. The lowest BCUT2D eigenvalue weighted by atomic mass is 10.1. The van der Waals surface area contributed by atoms with Crippen LogP contribution in [0.1, 0.15) is 15.9 Å². The maximum absolute atomic E-state index is 11.3. The van der Waals surface area contributed by atoms with Gasteiger partial charge in [0.15, 0.2) is 5.82 Å². The van der Waals surface area contributed by atoms with Gasteiger partial charge >= 0.3 is 5.97 Å². The molecule has 1 heterocycles. The number of nitrogen functional groups attached to an aromatic ring is 1. The van der Waals surface area contributed by atoms with Crippen molar-refractivity contribution in [2.45, 2.75) is 0 Å². The number of hydrogen-bond acceptors (Lipinski definition) is 5. The highest BCUT2D eigenvalue weighted by Gasteiger charge is 2.12. The fourth-order valence-electron chi connectivity index (χ4n) is 1.57. The molecule has 0 saturated carbocycles. The minimum Gasteiger partial charge on any atom is -0.465 e. The number of nitrogens with zero attached hydrogens (tertiary/aromatic N) is 2. The van der Waals surface area contributed by atoms with E-state index < -0.39 is 5.97 Å². The smallest absolute Gasteiger partial charge is 0.337 e. The minimum absolute atomic E-state index is 0.157. The largest absolute Gasteiger partial charge is 0.465 e. The molecular formula is C12H10N4O2. The van der Waals surface area contributed by atoms with Gasteiger partial charge in [0.2, 0.25) is 0 Å². The van der Waals surface area contributed by atoms with E-state index in [-0.39, 0.29) is 5.82 Å². The van der Waals surface area contributed by atoms with Crippen molar-refractivity contribution in [1.29, 1.82) is 5.26 Å². The third kappa shape index (κ3) is 1.89. The Balaban J connectivity index is 2.41. The first kappa shape index (κ1) is 11.7. The molecule has 0 aliphatic rings. The van der Waals surface area contributed by atoms with Crippen LogP contribution in [0.15, 0.2) is 24.3 Å². The molecule has 3 N–H and O–H groups in total. The molecule has 6 heteroatoms. The molecule has 2 rings (SSSR count). The number of carbonyl (C=O) groups is 1. The molecule has 0 unspecified atom stereocenters. The number of rotatable bonds is 2. The molecule has 0 radical (unpaired) electrons. The fraction of sp³-hybridized carbons (Fsp3) is 0.0833. The molecule has 18 heavy (non-hydrogen) atoms. The van der Waals surface area contributed by atoms with Crippen LogP contribution in [0.5, 0.6) is 0 Å². The van der Waals surface area contributed by atoms with Crippen molar-refractivity contribution in [1.82, 2.24) is 10.2 Å². The quantitative estimate of drug-likeness (QED) is 0.772. The predicted octanol–water partition coefficient (Wildman–Crippen LogP) is 1.32. The topological polar surface area (TPSA) is 105 Å². The number of nitriles is 1. The van der Waals surface area contributed by atoms with E-state index in [9.17, 15) is 4.79 Å². The first-order valence-corrected chi connectivity index (χ1v) is 5.10. The summed E-state index contributed by atoms with van der Waals surface area (Å²) in [6.45, 7) is 0. The first-order chi connectivity index (χ1) is 8.67. The second-order valence-electron chi connectivity index (χ2n) is 3.54. The SMILES string of the molecule is COC(=O)c1ccc(-c2[nH]nc(N)c2C#N)cc1. The van der Waals surface area contributed by atoms with E-state index in [4.69, 9.17) is 11.0 Å². The highest BCUT2D eigenvalue weighted by molar-refractivity contribution is 5.90. The van der Waals surface area contributed by atoms with Gasteiger partial charge in [0.1, 0.15) is 11.6 Å². The van der Waals surface area contributed by atoms with Crippen LogP contribution in [-0.2, 0) is 4.74 Å². The van der Waals surface area contributed by atoms with Gasteiger partial charge in [0.25, 0.3) is 0 Å². The number of nitrogens with two attached hydrogens (primary N) is 1. The van der Waals surface area contributed by atoms with E-state index in [1.165, 1.54) is 7.11 Å². The van der Waals surface area contributed by atoms with Gasteiger partial charge in [-0.1, -0.05) is 12.1 Å². The molecule has 0 saturated heterocycles. The van der Waals surface area contributed by atoms with E-state index in [0.717, 1.165) is 5.56 Å². The standard InChI is InChI=1S/C12H10N4O2/c1-18-12(17)8-4-2-7(3-5-8)10-9(6-13)11(14)16-15-10/h2-5H,1H3,(H3,14,15,16). The number of aromatic nitrogens is 2. The average molecular weight is 242 g/mol. The predicted molar refractivity (Wildman–Crippen MR) is 64.5 cm³/mol. The summed E-state index contributed by atoms with van der Waals surface area (Å²) < 4.78 is 4.60. The minimum atomic E-state index is -0.411. The first-order valence-electron chi connectivity index (χ1n) is 5.10. The molecule has 2 aromatic rings. The van der Waals surface area contributed by atoms with Crippen LogP contribution in [-0.4, -0.2) is 23.3 Å². The molecule has 0 fully saturated rings. The summed E-state index contributed by atoms with van der Waals surface area (Å²) in [5, 5.41) is 15.4. The van der Waals surface area contributed by atoms with Gasteiger partial charge < -0.3 is 10.5 Å². The van der Waals surface area contributed by atoms with Crippen LogP contribution in [0.2, 0.25) is 0 Å². The Morgan fingerprint density at radius 3 is 2.67 bits per heavy atom. The molecular weight excluding hydrogens is 232 g/mol. The van der Waals surface area contributed by atoms with Gasteiger partial charge in [-0.15, -0.1) is 0 Å². The molecule has 0 spiro atoms. The Morgan fingerprint density at radius 2 is 2.11 bits per heavy atom. The number of benzene rings is 1. The van der Waals surface area contributed by atoms with E-state index in [1.54, 1.807) is 24.3 Å². The number of methoxy groups -OCH3 is 1. The lowest BCUT2D eigenvalue weighted by Crippen LogP contribution is -2.00. The van der Waals surface area contributed by atoms with Gasteiger partial charge in [-0.25, -0.2) is 4.79 Å². The van der Waals surface area contributed by atoms with E-state index >= 15 is 0 Å². The second-order valence-corrected chi connectivity index (χ2v) is 3.54. The van der Waals surface area contributed by atoms with Gasteiger partial charge in [-0.05, 0) is 12.1 Å². The van der Waals surface area contributed by atoms with Crippen LogP contribution in [0.4, 0.5) is 5.82 Å². The molecule has 0 atom stereocenters. The van der Waals surface area contributed by atoms with Gasteiger partial charge in [-0.3, -0.25) is 5.10 Å². The maximum Gasteiger partial charge on any atom is 0.337 e. The van der Waals surface area contributed by atoms with Crippen LogP contribution in [0.3, 0.4) is 0 Å². The van der Waals surface area contributed by atoms with Crippen molar-refractivity contribution in [3.8, 4) is 17.3 Å². The number of carbonyl (C=O) groups excluding carboxylic acids is 1. The van der Waals surface area contributed by atoms with Gasteiger partial charge in [-0.2, -0.15) is 10.4 Å². The Hall–Kier alpha value is -2.81. The van der Waals surface area contributed by atoms with Crippen LogP contribution in [0.25, 0.3) is 11.3 Å². The number of ether oxygens (including phenoxy) is 1. The number of H-pyrrole nitrogens is 1. The van der Waals surface area contributed by atoms with E-state index in [1.807, 2.05) is 6.07 Å². The van der Waals surface area contributed by atoms with Crippen molar-refractivity contribution in [2.24, 2.45) is 0 Å². The fourth-order valence-corrected chi connectivity index (χ4v) is 1.57. The number of nitrogens with one attached hydrogen (secondary N) is 1. The van der Waals surface area contributed by atoms with E-state index in [0.29, 0.717) is 16.8 Å². The Morgan fingerprint density at radius 1 is 1.44 bits per heavy atom. The normalized spacial score (nSPS) is 9.78. The van der Waals surface area contributed by atoms with Crippen LogP contribution >= 0.6 is 0 Å². The molecule has 0 aliphatic carbocycles. The average Bonchev–Trinajstić information content (AvgIpc) is 2.79. The summed E-state index contributed by atoms with van der Waals surface area (Å²) in [4.78, 5) is 11.3. The highest BCUT2D eigenvalue weighted by Crippen LogP contribution is 2.24. The van der Waals surface area contributed by atoms with Crippen molar-refractivity contribution < 1.29 is 9.53 Å². The molecule has 1 aromatic heterocycles. The molecule has 6 nitrogen and oxygen atoms in total. The van der Waals surface area contributed by atoms with Gasteiger partial charge in [0.05, 0.1) is 18.4 Å². The Bertz CT molecular complexity index is 623. The number of anilines is 1. The summed E-state index contributed by atoms with van der Waals surface area (Å²) in [6, 6.07) is 8.59. The third-order valence-electron chi connectivity index (χ3n) is 2.50. The summed E-state index contributed by atoms with van der Waals surface area (Å²) in [5.41, 5.74) is 7.54. The lowest BCUT2D eigenvalue weighted by molar-refractivity contribution is 0.0601. The second kappa shape index (κ2) is 4.59.